The highest BCUT2D eigenvalue weighted by molar-refractivity contribution is 6.19. The molecule has 7 heteroatoms. The molecule has 6 nitrogen and oxygen atoms in total. The molecule has 1 heterocycles. The van der Waals surface area contributed by atoms with Gasteiger partial charge in [-0.2, -0.15) is 0 Å². The van der Waals surface area contributed by atoms with Gasteiger partial charge in [0.2, 0.25) is 11.8 Å². The Morgan fingerprint density at radius 3 is 2.34 bits per heavy atom. The molecule has 32 heavy (non-hydrogen) atoms. The quantitative estimate of drug-likeness (QED) is 0.634. The largest absolute Gasteiger partial charge is 0.351 e. The smallest absolute Gasteiger partial charge is 0.251 e. The van der Waals surface area contributed by atoms with E-state index in [9.17, 15) is 14.4 Å². The van der Waals surface area contributed by atoms with Crippen LogP contribution >= 0.6 is 11.6 Å². The zero-order valence-corrected chi connectivity index (χ0v) is 20.2. The van der Waals surface area contributed by atoms with Gasteiger partial charge in [-0.15, -0.1) is 11.6 Å². The first-order chi connectivity index (χ1) is 15.2. The number of amides is 3. The van der Waals surface area contributed by atoms with Crippen LogP contribution in [0, 0.1) is 18.3 Å². The van der Waals surface area contributed by atoms with Gasteiger partial charge in [-0.05, 0) is 58.1 Å². The summed E-state index contributed by atoms with van der Waals surface area (Å²) in [6.07, 6.45) is 5.33. The van der Waals surface area contributed by atoms with Crippen LogP contribution in [0.2, 0.25) is 0 Å². The first-order valence-corrected chi connectivity index (χ1v) is 12.3. The van der Waals surface area contributed by atoms with Crippen molar-refractivity contribution in [3.8, 4) is 0 Å². The van der Waals surface area contributed by atoms with E-state index in [-0.39, 0.29) is 41.6 Å². The topological polar surface area (TPSA) is 78.5 Å². The van der Waals surface area contributed by atoms with E-state index >= 15 is 0 Å². The molecule has 2 N–H and O–H groups in total. The lowest BCUT2D eigenvalue weighted by atomic mass is 9.88. The number of alkyl halides is 1. The summed E-state index contributed by atoms with van der Waals surface area (Å²) < 4.78 is 0. The summed E-state index contributed by atoms with van der Waals surface area (Å²) in [6.45, 7) is 6.71. The van der Waals surface area contributed by atoms with Crippen LogP contribution in [0.3, 0.4) is 0 Å². The maximum atomic E-state index is 13.1. The molecule has 3 rings (SSSR count). The summed E-state index contributed by atoms with van der Waals surface area (Å²) in [6, 6.07) is 7.37. The van der Waals surface area contributed by atoms with Gasteiger partial charge >= 0.3 is 0 Å². The molecular formula is C25H36ClN3O3. The van der Waals surface area contributed by atoms with E-state index in [1.807, 2.05) is 45.0 Å². The normalized spacial score (nSPS) is 24.0. The van der Waals surface area contributed by atoms with Gasteiger partial charge in [0.1, 0.15) is 0 Å². The van der Waals surface area contributed by atoms with Crippen LogP contribution in [0.1, 0.15) is 68.3 Å². The molecule has 3 atom stereocenters. The van der Waals surface area contributed by atoms with Crippen molar-refractivity contribution in [1.29, 1.82) is 0 Å². The second-order valence-electron chi connectivity index (χ2n) is 9.90. The summed E-state index contributed by atoms with van der Waals surface area (Å²) >= 11 is 5.99. The van der Waals surface area contributed by atoms with Crippen LogP contribution in [0.25, 0.3) is 0 Å². The second-order valence-corrected chi connectivity index (χ2v) is 10.2. The standard InChI is InChI=1S/C25H36ClN3O3/c1-17-9-4-5-11-19(17)23(31)28-21-13-7-6-12-20(21)27-22(30)18-10-8-14-29(15-18)24(32)25(2,3)16-26/h4-5,9,11,18,20-21H,6-8,10,12-16H2,1-3H3,(H,27,30)(H,28,31)/t18-,20+,21+/m0/s1. The van der Waals surface area contributed by atoms with Gasteiger partial charge in [0.25, 0.3) is 5.91 Å². The Kier molecular flexibility index (Phi) is 8.21. The Morgan fingerprint density at radius 1 is 1.03 bits per heavy atom. The number of hydrogen-bond acceptors (Lipinski definition) is 3. The average Bonchev–Trinajstić information content (AvgIpc) is 2.80. The number of piperidine rings is 1. The number of nitrogens with zero attached hydrogens (tertiary/aromatic N) is 1. The number of rotatable bonds is 6. The van der Waals surface area contributed by atoms with Gasteiger partial charge in [-0.25, -0.2) is 0 Å². The molecule has 0 aromatic heterocycles. The molecule has 176 valence electrons. The average molecular weight is 462 g/mol. The van der Waals surface area contributed by atoms with Crippen molar-refractivity contribution >= 4 is 29.3 Å². The molecule has 2 fully saturated rings. The summed E-state index contributed by atoms with van der Waals surface area (Å²) in [7, 11) is 0. The zero-order chi connectivity index (χ0) is 23.3. The predicted molar refractivity (Wildman–Crippen MR) is 127 cm³/mol. The lowest BCUT2D eigenvalue weighted by Crippen LogP contribution is -2.56. The van der Waals surface area contributed by atoms with Crippen LogP contribution in [-0.4, -0.2) is 53.7 Å². The first kappa shape index (κ1) is 24.6. The fourth-order valence-corrected chi connectivity index (χ4v) is 4.83. The highest BCUT2D eigenvalue weighted by Gasteiger charge is 2.37. The van der Waals surface area contributed by atoms with Gasteiger partial charge in [-0.3, -0.25) is 14.4 Å². The van der Waals surface area contributed by atoms with Crippen molar-refractivity contribution in [2.45, 2.75) is 71.4 Å². The summed E-state index contributed by atoms with van der Waals surface area (Å²) in [5.74, 6) is -0.0801. The van der Waals surface area contributed by atoms with Crippen LogP contribution in [0.4, 0.5) is 0 Å². The van der Waals surface area contributed by atoms with Crippen molar-refractivity contribution in [3.05, 3.63) is 35.4 Å². The molecule has 1 saturated heterocycles. The van der Waals surface area contributed by atoms with Gasteiger partial charge in [0.15, 0.2) is 0 Å². The molecule has 3 amide bonds. The van der Waals surface area contributed by atoms with E-state index in [4.69, 9.17) is 11.6 Å². The number of aryl methyl sites for hydroxylation is 1. The van der Waals surface area contributed by atoms with E-state index < -0.39 is 5.41 Å². The highest BCUT2D eigenvalue weighted by Crippen LogP contribution is 2.26. The number of carbonyl (C=O) groups excluding carboxylic acids is 3. The number of benzene rings is 1. The van der Waals surface area contributed by atoms with E-state index in [0.717, 1.165) is 44.1 Å². The van der Waals surface area contributed by atoms with Gasteiger partial charge in [-0.1, -0.05) is 31.0 Å². The monoisotopic (exact) mass is 461 g/mol. The highest BCUT2D eigenvalue weighted by atomic mass is 35.5. The van der Waals surface area contributed by atoms with Gasteiger partial charge in [0.05, 0.1) is 11.3 Å². The van der Waals surface area contributed by atoms with Crippen molar-refractivity contribution in [3.63, 3.8) is 0 Å². The van der Waals surface area contributed by atoms with E-state index in [0.29, 0.717) is 18.7 Å². The van der Waals surface area contributed by atoms with Crippen LogP contribution in [0.5, 0.6) is 0 Å². The molecular weight excluding hydrogens is 426 g/mol. The molecule has 1 aromatic rings. The van der Waals surface area contributed by atoms with Crippen molar-refractivity contribution < 1.29 is 14.4 Å². The molecule has 0 unspecified atom stereocenters. The van der Waals surface area contributed by atoms with Crippen molar-refractivity contribution in [1.82, 2.24) is 15.5 Å². The van der Waals surface area contributed by atoms with Crippen LogP contribution < -0.4 is 10.6 Å². The van der Waals surface area contributed by atoms with Crippen LogP contribution in [-0.2, 0) is 9.59 Å². The third-order valence-corrected chi connectivity index (χ3v) is 7.46. The number of hydrogen-bond donors (Lipinski definition) is 2. The molecule has 1 aliphatic heterocycles. The second kappa shape index (κ2) is 10.7. The minimum Gasteiger partial charge on any atom is -0.351 e. The van der Waals surface area contributed by atoms with Gasteiger partial charge in [0, 0.05) is 36.6 Å². The fourth-order valence-electron chi connectivity index (χ4n) is 4.71. The summed E-state index contributed by atoms with van der Waals surface area (Å²) in [5, 5.41) is 6.36. The third-order valence-electron chi connectivity index (χ3n) is 6.79. The van der Waals surface area contributed by atoms with E-state index in [2.05, 4.69) is 10.6 Å². The molecule has 0 radical (unpaired) electrons. The first-order valence-electron chi connectivity index (χ1n) is 11.7. The minimum absolute atomic E-state index is 0.00559. The number of nitrogens with one attached hydrogen (secondary N) is 2. The molecule has 1 aliphatic carbocycles. The Labute approximate surface area is 196 Å². The minimum atomic E-state index is -0.631. The maximum Gasteiger partial charge on any atom is 0.251 e. The molecule has 1 saturated carbocycles. The van der Waals surface area contributed by atoms with Crippen molar-refractivity contribution in [2.75, 3.05) is 19.0 Å². The number of carbonyl (C=O) groups is 3. The lowest BCUT2D eigenvalue weighted by molar-refractivity contribution is -0.142. The van der Waals surface area contributed by atoms with E-state index in [1.54, 1.807) is 4.90 Å². The fraction of sp³-hybridized carbons (Fsp3) is 0.640. The Morgan fingerprint density at radius 2 is 1.69 bits per heavy atom. The maximum absolute atomic E-state index is 13.1. The van der Waals surface area contributed by atoms with Crippen LogP contribution in [0.15, 0.2) is 24.3 Å². The predicted octanol–water partition coefficient (Wildman–Crippen LogP) is 3.66. The molecule has 0 bridgehead atoms. The van der Waals surface area contributed by atoms with Gasteiger partial charge < -0.3 is 15.5 Å². The Bertz CT molecular complexity index is 841. The zero-order valence-electron chi connectivity index (χ0n) is 19.5. The van der Waals surface area contributed by atoms with E-state index in [1.165, 1.54) is 0 Å². The molecule has 0 spiro atoms. The Balaban J connectivity index is 1.61. The summed E-state index contributed by atoms with van der Waals surface area (Å²) in [4.78, 5) is 40.5. The lowest BCUT2D eigenvalue weighted by Gasteiger charge is -2.38. The summed E-state index contributed by atoms with van der Waals surface area (Å²) in [5.41, 5.74) is 0.980. The third kappa shape index (κ3) is 5.83. The molecule has 1 aromatic carbocycles. The number of likely N-dealkylation sites (tertiary alicyclic amines) is 1. The van der Waals surface area contributed by atoms with Crippen molar-refractivity contribution in [2.24, 2.45) is 11.3 Å². The SMILES string of the molecule is Cc1ccccc1C(=O)N[C@@H]1CCCC[C@H]1NC(=O)[C@H]1CCCN(C(=O)C(C)(C)CCl)C1. The number of halogens is 1. The Hall–Kier alpha value is -2.08. The molecule has 2 aliphatic rings.